The van der Waals surface area contributed by atoms with Crippen LogP contribution in [0.25, 0.3) is 0 Å². The predicted molar refractivity (Wildman–Crippen MR) is 81.2 cm³/mol. The van der Waals surface area contributed by atoms with Crippen molar-refractivity contribution in [2.75, 3.05) is 0 Å². The van der Waals surface area contributed by atoms with Crippen molar-refractivity contribution in [3.05, 3.63) is 69.7 Å². The summed E-state index contributed by atoms with van der Waals surface area (Å²) in [4.78, 5) is 0. The van der Waals surface area contributed by atoms with E-state index in [9.17, 15) is 0 Å². The SMILES string of the molecule is CCc1ccccc1C(NN)c1ccc(C)c(Cl)c1. The van der Waals surface area contributed by atoms with Crippen LogP contribution in [0.5, 0.6) is 0 Å². The first-order chi connectivity index (χ1) is 9.17. The quantitative estimate of drug-likeness (QED) is 0.658. The Morgan fingerprint density at radius 1 is 1.21 bits per heavy atom. The van der Waals surface area contributed by atoms with Gasteiger partial charge in [0.2, 0.25) is 0 Å². The van der Waals surface area contributed by atoms with Gasteiger partial charge in [0.15, 0.2) is 0 Å². The van der Waals surface area contributed by atoms with Gasteiger partial charge in [0.1, 0.15) is 0 Å². The van der Waals surface area contributed by atoms with Gasteiger partial charge in [-0.25, -0.2) is 5.43 Å². The van der Waals surface area contributed by atoms with E-state index in [1.54, 1.807) is 0 Å². The lowest BCUT2D eigenvalue weighted by Gasteiger charge is -2.20. The average molecular weight is 275 g/mol. The monoisotopic (exact) mass is 274 g/mol. The molecule has 2 aromatic rings. The highest BCUT2D eigenvalue weighted by atomic mass is 35.5. The molecule has 0 radical (unpaired) electrons. The van der Waals surface area contributed by atoms with E-state index < -0.39 is 0 Å². The van der Waals surface area contributed by atoms with Crippen molar-refractivity contribution in [2.45, 2.75) is 26.3 Å². The van der Waals surface area contributed by atoms with E-state index >= 15 is 0 Å². The van der Waals surface area contributed by atoms with Gasteiger partial charge in [-0.15, -0.1) is 0 Å². The minimum atomic E-state index is -0.0331. The summed E-state index contributed by atoms with van der Waals surface area (Å²) in [5.74, 6) is 5.76. The fraction of sp³-hybridized carbons (Fsp3) is 0.250. The molecular formula is C16H19ClN2. The van der Waals surface area contributed by atoms with Crippen molar-refractivity contribution in [3.63, 3.8) is 0 Å². The highest BCUT2D eigenvalue weighted by molar-refractivity contribution is 6.31. The van der Waals surface area contributed by atoms with Gasteiger partial charge < -0.3 is 0 Å². The van der Waals surface area contributed by atoms with E-state index in [2.05, 4.69) is 36.6 Å². The largest absolute Gasteiger partial charge is 0.271 e. The first-order valence-electron chi connectivity index (χ1n) is 6.47. The zero-order valence-electron chi connectivity index (χ0n) is 11.3. The lowest BCUT2D eigenvalue weighted by atomic mass is 9.93. The van der Waals surface area contributed by atoms with E-state index in [4.69, 9.17) is 17.4 Å². The number of rotatable bonds is 4. The summed E-state index contributed by atoms with van der Waals surface area (Å²) in [6, 6.07) is 14.4. The molecule has 2 aromatic carbocycles. The van der Waals surface area contributed by atoms with E-state index in [1.165, 1.54) is 11.1 Å². The van der Waals surface area contributed by atoms with E-state index in [1.807, 2.05) is 25.1 Å². The molecule has 0 fully saturated rings. The maximum absolute atomic E-state index is 6.21. The molecule has 19 heavy (non-hydrogen) atoms. The van der Waals surface area contributed by atoms with Gasteiger partial charge in [-0.1, -0.05) is 54.9 Å². The van der Waals surface area contributed by atoms with Gasteiger partial charge in [0, 0.05) is 5.02 Å². The van der Waals surface area contributed by atoms with Gasteiger partial charge in [0.25, 0.3) is 0 Å². The van der Waals surface area contributed by atoms with Crippen LogP contribution in [0.4, 0.5) is 0 Å². The topological polar surface area (TPSA) is 38.0 Å². The number of halogens is 1. The summed E-state index contributed by atoms with van der Waals surface area (Å²) in [5, 5.41) is 0.770. The zero-order chi connectivity index (χ0) is 13.8. The first kappa shape index (κ1) is 14.1. The summed E-state index contributed by atoms with van der Waals surface area (Å²) in [5.41, 5.74) is 7.55. The standard InChI is InChI=1S/C16H19ClN2/c1-3-12-6-4-5-7-14(12)16(19-18)13-9-8-11(2)15(17)10-13/h4-10,16,19H,3,18H2,1-2H3. The van der Waals surface area contributed by atoms with Gasteiger partial charge in [0.05, 0.1) is 6.04 Å². The fourth-order valence-corrected chi connectivity index (χ4v) is 2.48. The first-order valence-corrected chi connectivity index (χ1v) is 6.85. The van der Waals surface area contributed by atoms with Gasteiger partial charge in [-0.3, -0.25) is 5.84 Å². The molecule has 1 unspecified atom stereocenters. The van der Waals surface area contributed by atoms with Crippen LogP contribution in [0.2, 0.25) is 5.02 Å². The second-order valence-corrected chi connectivity index (χ2v) is 5.07. The molecule has 0 aliphatic rings. The minimum absolute atomic E-state index is 0.0331. The molecule has 3 N–H and O–H groups in total. The molecule has 0 amide bonds. The summed E-state index contributed by atoms with van der Waals surface area (Å²) in [6.45, 7) is 4.14. The predicted octanol–water partition coefficient (Wildman–Crippen LogP) is 3.76. The molecule has 0 heterocycles. The lowest BCUT2D eigenvalue weighted by Crippen LogP contribution is -2.29. The number of benzene rings is 2. The Bertz CT molecular complexity index is 566. The minimum Gasteiger partial charge on any atom is -0.271 e. The normalized spacial score (nSPS) is 12.4. The van der Waals surface area contributed by atoms with Crippen molar-refractivity contribution in [1.29, 1.82) is 0 Å². The highest BCUT2D eigenvalue weighted by Gasteiger charge is 2.15. The van der Waals surface area contributed by atoms with E-state index in [0.717, 1.165) is 22.6 Å². The van der Waals surface area contributed by atoms with Crippen molar-refractivity contribution in [3.8, 4) is 0 Å². The average Bonchev–Trinajstić information content (AvgIpc) is 2.44. The van der Waals surface area contributed by atoms with Crippen LogP contribution >= 0.6 is 11.6 Å². The number of nitrogens with one attached hydrogen (secondary N) is 1. The van der Waals surface area contributed by atoms with Crippen molar-refractivity contribution in [2.24, 2.45) is 5.84 Å². The van der Waals surface area contributed by atoms with Gasteiger partial charge >= 0.3 is 0 Å². The van der Waals surface area contributed by atoms with Crippen LogP contribution in [0, 0.1) is 6.92 Å². The molecule has 2 rings (SSSR count). The number of nitrogens with two attached hydrogens (primary N) is 1. The second kappa shape index (κ2) is 6.20. The third-order valence-corrected chi connectivity index (χ3v) is 3.85. The Hall–Kier alpha value is -1.35. The summed E-state index contributed by atoms with van der Waals surface area (Å²) >= 11 is 6.21. The van der Waals surface area contributed by atoms with Gasteiger partial charge in [-0.05, 0) is 41.7 Å². The van der Waals surface area contributed by atoms with E-state index in [-0.39, 0.29) is 6.04 Å². The molecule has 0 bridgehead atoms. The molecule has 3 heteroatoms. The van der Waals surface area contributed by atoms with Crippen molar-refractivity contribution in [1.82, 2.24) is 5.43 Å². The Morgan fingerprint density at radius 2 is 1.95 bits per heavy atom. The maximum Gasteiger partial charge on any atom is 0.0713 e. The number of hydrazine groups is 1. The van der Waals surface area contributed by atoms with Crippen LogP contribution in [-0.2, 0) is 6.42 Å². The molecular weight excluding hydrogens is 256 g/mol. The van der Waals surface area contributed by atoms with Crippen LogP contribution in [0.3, 0.4) is 0 Å². The Morgan fingerprint density at radius 3 is 2.58 bits per heavy atom. The summed E-state index contributed by atoms with van der Waals surface area (Å²) in [6.07, 6.45) is 0.980. The molecule has 100 valence electrons. The maximum atomic E-state index is 6.21. The number of aryl methyl sites for hydroxylation is 2. The molecule has 0 aliphatic heterocycles. The third kappa shape index (κ3) is 2.98. The van der Waals surface area contributed by atoms with Crippen molar-refractivity contribution >= 4 is 11.6 Å². The van der Waals surface area contributed by atoms with E-state index in [0.29, 0.717) is 0 Å². The van der Waals surface area contributed by atoms with Crippen LogP contribution in [0.15, 0.2) is 42.5 Å². The van der Waals surface area contributed by atoms with Crippen LogP contribution in [-0.4, -0.2) is 0 Å². The Labute approximate surface area is 119 Å². The number of hydrogen-bond acceptors (Lipinski definition) is 2. The van der Waals surface area contributed by atoms with Gasteiger partial charge in [-0.2, -0.15) is 0 Å². The summed E-state index contributed by atoms with van der Waals surface area (Å²) in [7, 11) is 0. The fourth-order valence-electron chi connectivity index (χ4n) is 2.29. The van der Waals surface area contributed by atoms with Crippen molar-refractivity contribution < 1.29 is 0 Å². The van der Waals surface area contributed by atoms with Crippen LogP contribution in [0.1, 0.15) is 35.2 Å². The summed E-state index contributed by atoms with van der Waals surface area (Å²) < 4.78 is 0. The molecule has 0 spiro atoms. The lowest BCUT2D eigenvalue weighted by molar-refractivity contribution is 0.631. The number of hydrogen-bond donors (Lipinski definition) is 2. The Kier molecular flexibility index (Phi) is 4.59. The molecule has 0 aromatic heterocycles. The highest BCUT2D eigenvalue weighted by Crippen LogP contribution is 2.28. The zero-order valence-corrected chi connectivity index (χ0v) is 12.0. The Balaban J connectivity index is 2.46. The molecule has 0 saturated heterocycles. The molecule has 2 nitrogen and oxygen atoms in total. The second-order valence-electron chi connectivity index (χ2n) is 4.66. The van der Waals surface area contributed by atoms with Crippen LogP contribution < -0.4 is 11.3 Å². The molecule has 1 atom stereocenters. The third-order valence-electron chi connectivity index (χ3n) is 3.44. The molecule has 0 aliphatic carbocycles. The molecule has 0 saturated carbocycles. The smallest absolute Gasteiger partial charge is 0.0713 e.